The molecule has 0 radical (unpaired) electrons. The molecule has 24 heavy (non-hydrogen) atoms. The van der Waals surface area contributed by atoms with E-state index in [0.29, 0.717) is 18.9 Å². The van der Waals surface area contributed by atoms with Crippen LogP contribution in [0.5, 0.6) is 0 Å². The monoisotopic (exact) mass is 324 g/mol. The third-order valence-electron chi connectivity index (χ3n) is 3.66. The Labute approximate surface area is 140 Å². The summed E-state index contributed by atoms with van der Waals surface area (Å²) in [7, 11) is 0. The van der Waals surface area contributed by atoms with Crippen LogP contribution in [0, 0.1) is 6.92 Å². The molecule has 0 unspecified atom stereocenters. The van der Waals surface area contributed by atoms with Gasteiger partial charge in [-0.1, -0.05) is 6.92 Å². The number of amides is 1. The molecule has 0 saturated heterocycles. The first-order chi connectivity index (χ1) is 11.7. The number of aryl methyl sites for hydroxylation is 1. The molecule has 0 atom stereocenters. The number of carbonyl (C=O) groups excluding carboxylic acids is 1. The summed E-state index contributed by atoms with van der Waals surface area (Å²) in [5.41, 5.74) is 2.50. The van der Waals surface area contributed by atoms with E-state index >= 15 is 0 Å². The largest absolute Gasteiger partial charge is 0.441 e. The quantitative estimate of drug-likeness (QED) is 0.751. The van der Waals surface area contributed by atoms with E-state index in [9.17, 15) is 4.79 Å². The summed E-state index contributed by atoms with van der Waals surface area (Å²) in [5, 5.41) is 7.05. The maximum Gasteiger partial charge on any atom is 0.226 e. The maximum atomic E-state index is 11.6. The highest BCUT2D eigenvalue weighted by Crippen LogP contribution is 2.23. The Morgan fingerprint density at radius 2 is 2.08 bits per heavy atom. The van der Waals surface area contributed by atoms with Gasteiger partial charge in [-0.3, -0.25) is 9.48 Å². The van der Waals surface area contributed by atoms with E-state index in [1.54, 1.807) is 10.9 Å². The molecule has 0 aliphatic heterocycles. The molecule has 2 heterocycles. The number of anilines is 1. The lowest BCUT2D eigenvalue weighted by Gasteiger charge is -2.04. The summed E-state index contributed by atoms with van der Waals surface area (Å²) in [4.78, 5) is 16.2. The van der Waals surface area contributed by atoms with Crippen molar-refractivity contribution >= 4 is 11.6 Å². The van der Waals surface area contributed by atoms with Crippen LogP contribution < -0.4 is 5.32 Å². The van der Waals surface area contributed by atoms with E-state index in [-0.39, 0.29) is 5.91 Å². The minimum absolute atomic E-state index is 0.0266. The number of hydrogen-bond donors (Lipinski definition) is 1. The van der Waals surface area contributed by atoms with Gasteiger partial charge in [0.15, 0.2) is 0 Å². The van der Waals surface area contributed by atoms with E-state index in [1.165, 1.54) is 0 Å². The first-order valence-corrected chi connectivity index (χ1v) is 7.99. The summed E-state index contributed by atoms with van der Waals surface area (Å²) >= 11 is 0. The second kappa shape index (κ2) is 7.12. The smallest absolute Gasteiger partial charge is 0.226 e. The van der Waals surface area contributed by atoms with Crippen LogP contribution in [0.4, 0.5) is 5.69 Å². The second-order valence-electron chi connectivity index (χ2n) is 5.60. The lowest BCUT2D eigenvalue weighted by Crippen LogP contribution is -2.10. The van der Waals surface area contributed by atoms with Gasteiger partial charge in [0.05, 0.1) is 6.54 Å². The Morgan fingerprint density at radius 3 is 2.75 bits per heavy atom. The average Bonchev–Trinajstić information content (AvgIpc) is 3.19. The number of oxazole rings is 1. The predicted octanol–water partition coefficient (Wildman–Crippen LogP) is 3.63. The maximum absolute atomic E-state index is 11.6. The van der Waals surface area contributed by atoms with Gasteiger partial charge in [-0.2, -0.15) is 5.10 Å². The standard InChI is InChI=1S/C18H20N4O2/c1-3-5-17(23)20-15-8-6-14(7-9-15)18-21-16(13(2)24-18)12-22-11-4-10-19-22/h4,6-11H,3,5,12H2,1-2H3,(H,20,23). The fourth-order valence-corrected chi connectivity index (χ4v) is 2.39. The number of aromatic nitrogens is 3. The van der Waals surface area contributed by atoms with Crippen molar-refractivity contribution in [3.63, 3.8) is 0 Å². The SMILES string of the molecule is CCCC(=O)Nc1ccc(-c2nc(Cn3cccn3)c(C)o2)cc1. The zero-order valence-corrected chi connectivity index (χ0v) is 13.8. The van der Waals surface area contributed by atoms with Crippen LogP contribution in [-0.4, -0.2) is 20.7 Å². The fourth-order valence-electron chi connectivity index (χ4n) is 2.39. The van der Waals surface area contributed by atoms with Gasteiger partial charge in [0.25, 0.3) is 0 Å². The van der Waals surface area contributed by atoms with Crippen LogP contribution in [0.2, 0.25) is 0 Å². The molecule has 3 rings (SSSR count). The minimum atomic E-state index is 0.0266. The van der Waals surface area contributed by atoms with Crippen LogP contribution in [0.15, 0.2) is 47.1 Å². The topological polar surface area (TPSA) is 73.0 Å². The van der Waals surface area contributed by atoms with Gasteiger partial charge in [-0.15, -0.1) is 0 Å². The molecule has 0 bridgehead atoms. The van der Waals surface area contributed by atoms with E-state index in [0.717, 1.165) is 29.1 Å². The molecule has 0 saturated carbocycles. The van der Waals surface area contributed by atoms with Gasteiger partial charge in [-0.05, 0) is 43.7 Å². The average molecular weight is 324 g/mol. The summed E-state index contributed by atoms with van der Waals surface area (Å²) in [6.07, 6.45) is 4.99. The van der Waals surface area contributed by atoms with E-state index in [4.69, 9.17) is 4.42 Å². The van der Waals surface area contributed by atoms with E-state index < -0.39 is 0 Å². The lowest BCUT2D eigenvalue weighted by molar-refractivity contribution is -0.116. The molecular formula is C18H20N4O2. The highest BCUT2D eigenvalue weighted by atomic mass is 16.4. The van der Waals surface area contributed by atoms with Crippen molar-refractivity contribution in [1.29, 1.82) is 0 Å². The fraction of sp³-hybridized carbons (Fsp3) is 0.278. The van der Waals surface area contributed by atoms with Crippen molar-refractivity contribution in [3.8, 4) is 11.5 Å². The van der Waals surface area contributed by atoms with Gasteiger partial charge in [0, 0.05) is 30.1 Å². The number of benzene rings is 1. The highest BCUT2D eigenvalue weighted by Gasteiger charge is 2.12. The van der Waals surface area contributed by atoms with Crippen LogP contribution in [0.1, 0.15) is 31.2 Å². The Kier molecular flexibility index (Phi) is 4.74. The van der Waals surface area contributed by atoms with Crippen LogP contribution in [0.3, 0.4) is 0 Å². The Balaban J connectivity index is 1.73. The third-order valence-corrected chi connectivity index (χ3v) is 3.66. The van der Waals surface area contributed by atoms with Gasteiger partial charge in [-0.25, -0.2) is 4.98 Å². The first kappa shape index (κ1) is 16.0. The summed E-state index contributed by atoms with van der Waals surface area (Å²) in [6, 6.07) is 9.38. The second-order valence-corrected chi connectivity index (χ2v) is 5.60. The van der Waals surface area contributed by atoms with Crippen molar-refractivity contribution in [3.05, 3.63) is 54.2 Å². The summed E-state index contributed by atoms with van der Waals surface area (Å²) in [6.45, 7) is 4.45. The number of carbonyl (C=O) groups is 1. The molecule has 0 spiro atoms. The van der Waals surface area contributed by atoms with Crippen molar-refractivity contribution in [2.75, 3.05) is 5.32 Å². The summed E-state index contributed by atoms with van der Waals surface area (Å²) < 4.78 is 7.58. The Morgan fingerprint density at radius 1 is 1.29 bits per heavy atom. The van der Waals surface area contributed by atoms with Crippen LogP contribution >= 0.6 is 0 Å². The van der Waals surface area contributed by atoms with Gasteiger partial charge < -0.3 is 9.73 Å². The van der Waals surface area contributed by atoms with Crippen LogP contribution in [0.25, 0.3) is 11.5 Å². The molecule has 6 heteroatoms. The Hall–Kier alpha value is -2.89. The lowest BCUT2D eigenvalue weighted by atomic mass is 10.2. The number of rotatable bonds is 6. The van der Waals surface area contributed by atoms with Crippen molar-refractivity contribution in [1.82, 2.24) is 14.8 Å². The molecule has 6 nitrogen and oxygen atoms in total. The zero-order chi connectivity index (χ0) is 16.9. The third kappa shape index (κ3) is 3.71. The molecule has 1 amide bonds. The minimum Gasteiger partial charge on any atom is -0.441 e. The Bertz CT molecular complexity index is 804. The molecule has 0 aliphatic carbocycles. The molecule has 0 aliphatic rings. The first-order valence-electron chi connectivity index (χ1n) is 7.99. The molecule has 3 aromatic rings. The number of nitrogens with one attached hydrogen (secondary N) is 1. The molecule has 1 N–H and O–H groups in total. The van der Waals surface area contributed by atoms with Gasteiger partial charge in [0.1, 0.15) is 11.5 Å². The van der Waals surface area contributed by atoms with Crippen molar-refractivity contribution < 1.29 is 9.21 Å². The van der Waals surface area contributed by atoms with Gasteiger partial charge >= 0.3 is 0 Å². The molecule has 0 fully saturated rings. The molecule has 124 valence electrons. The van der Waals surface area contributed by atoms with Gasteiger partial charge in [0.2, 0.25) is 11.8 Å². The summed E-state index contributed by atoms with van der Waals surface area (Å²) in [5.74, 6) is 1.38. The highest BCUT2D eigenvalue weighted by molar-refractivity contribution is 5.90. The predicted molar refractivity (Wildman–Crippen MR) is 91.5 cm³/mol. The van der Waals surface area contributed by atoms with Crippen LogP contribution in [-0.2, 0) is 11.3 Å². The van der Waals surface area contributed by atoms with E-state index in [2.05, 4.69) is 15.4 Å². The van der Waals surface area contributed by atoms with Crippen molar-refractivity contribution in [2.24, 2.45) is 0 Å². The molecule has 1 aromatic carbocycles. The number of nitrogens with zero attached hydrogens (tertiary/aromatic N) is 3. The molecular weight excluding hydrogens is 304 g/mol. The van der Waals surface area contributed by atoms with E-state index in [1.807, 2.05) is 50.4 Å². The zero-order valence-electron chi connectivity index (χ0n) is 13.8. The number of hydrogen-bond acceptors (Lipinski definition) is 4. The normalized spacial score (nSPS) is 10.8. The van der Waals surface area contributed by atoms with Crippen molar-refractivity contribution in [2.45, 2.75) is 33.2 Å². The molecule has 2 aromatic heterocycles.